The summed E-state index contributed by atoms with van der Waals surface area (Å²) in [7, 11) is 1.53. The number of anilines is 1. The van der Waals surface area contributed by atoms with Crippen LogP contribution >= 0.6 is 11.6 Å². The summed E-state index contributed by atoms with van der Waals surface area (Å²) < 4.78 is 10.7. The molecule has 0 radical (unpaired) electrons. The standard InChI is InChI=1S/C22H20ClN3O5/c1-26(20(27)13-31-19-9-8-14(23)11-17(19)21(24)28)18-7-3-2-6-16(18)22(29)25-12-15-5-4-10-30-15/h2-11H,12-13H2,1H3,(H2,24,28)(H,25,29). The van der Waals surface area contributed by atoms with Gasteiger partial charge in [-0.3, -0.25) is 14.4 Å². The molecule has 160 valence electrons. The van der Waals surface area contributed by atoms with E-state index in [1.165, 1.54) is 36.4 Å². The molecule has 1 heterocycles. The third-order valence-electron chi connectivity index (χ3n) is 4.45. The van der Waals surface area contributed by atoms with Gasteiger partial charge in [0.15, 0.2) is 6.61 Å². The summed E-state index contributed by atoms with van der Waals surface area (Å²) in [5.41, 5.74) is 6.12. The molecule has 0 aliphatic heterocycles. The number of primary amides is 1. The number of halogens is 1. The van der Waals surface area contributed by atoms with E-state index in [1.54, 1.807) is 36.4 Å². The average Bonchev–Trinajstić information content (AvgIpc) is 3.29. The van der Waals surface area contributed by atoms with Crippen molar-refractivity contribution in [2.45, 2.75) is 6.54 Å². The number of carbonyl (C=O) groups is 3. The van der Waals surface area contributed by atoms with Gasteiger partial charge in [-0.25, -0.2) is 0 Å². The molecular formula is C22H20ClN3O5. The first kappa shape index (κ1) is 21.9. The minimum Gasteiger partial charge on any atom is -0.483 e. The number of ether oxygens (including phenoxy) is 1. The molecule has 0 aliphatic carbocycles. The maximum atomic E-state index is 12.7. The Morgan fingerprint density at radius 1 is 1.10 bits per heavy atom. The predicted molar refractivity (Wildman–Crippen MR) is 115 cm³/mol. The van der Waals surface area contributed by atoms with Crippen molar-refractivity contribution in [2.75, 3.05) is 18.6 Å². The quantitative estimate of drug-likeness (QED) is 0.557. The summed E-state index contributed by atoms with van der Waals surface area (Å²) in [6.07, 6.45) is 1.52. The predicted octanol–water partition coefficient (Wildman–Crippen LogP) is 3.00. The maximum Gasteiger partial charge on any atom is 0.264 e. The number of rotatable bonds is 8. The van der Waals surface area contributed by atoms with Gasteiger partial charge in [0.05, 0.1) is 29.6 Å². The van der Waals surface area contributed by atoms with Crippen molar-refractivity contribution in [1.29, 1.82) is 0 Å². The van der Waals surface area contributed by atoms with Crippen LogP contribution in [0, 0.1) is 0 Å². The largest absolute Gasteiger partial charge is 0.483 e. The number of carbonyl (C=O) groups excluding carboxylic acids is 3. The molecule has 0 atom stereocenters. The highest BCUT2D eigenvalue weighted by molar-refractivity contribution is 6.31. The van der Waals surface area contributed by atoms with Crippen molar-refractivity contribution in [3.05, 3.63) is 82.8 Å². The van der Waals surface area contributed by atoms with E-state index in [0.717, 1.165) is 0 Å². The minimum absolute atomic E-state index is 0.0701. The first-order chi connectivity index (χ1) is 14.9. The lowest BCUT2D eigenvalue weighted by Crippen LogP contribution is -2.34. The summed E-state index contributed by atoms with van der Waals surface area (Å²) >= 11 is 5.88. The molecule has 0 aliphatic rings. The van der Waals surface area contributed by atoms with Crippen LogP contribution in [0.4, 0.5) is 5.69 Å². The molecule has 0 saturated heterocycles. The lowest BCUT2D eigenvalue weighted by Gasteiger charge is -2.21. The van der Waals surface area contributed by atoms with Gasteiger partial charge < -0.3 is 25.1 Å². The van der Waals surface area contributed by atoms with Crippen molar-refractivity contribution in [2.24, 2.45) is 5.73 Å². The Morgan fingerprint density at radius 3 is 2.58 bits per heavy atom. The van der Waals surface area contributed by atoms with Gasteiger partial charge in [0.1, 0.15) is 11.5 Å². The second-order valence-corrected chi connectivity index (χ2v) is 6.96. The summed E-state index contributed by atoms with van der Waals surface area (Å²) in [5.74, 6) is -0.769. The molecule has 1 aromatic heterocycles. The normalized spacial score (nSPS) is 10.4. The Balaban J connectivity index is 1.70. The first-order valence-corrected chi connectivity index (χ1v) is 9.63. The lowest BCUT2D eigenvalue weighted by atomic mass is 10.1. The molecule has 31 heavy (non-hydrogen) atoms. The smallest absolute Gasteiger partial charge is 0.264 e. The Morgan fingerprint density at radius 2 is 1.87 bits per heavy atom. The van der Waals surface area contributed by atoms with Crippen LogP contribution in [0.25, 0.3) is 0 Å². The third-order valence-corrected chi connectivity index (χ3v) is 4.68. The molecule has 0 spiro atoms. The highest BCUT2D eigenvalue weighted by Gasteiger charge is 2.20. The topological polar surface area (TPSA) is 115 Å². The summed E-state index contributed by atoms with van der Waals surface area (Å²) in [5, 5.41) is 3.07. The second kappa shape index (κ2) is 9.82. The fraction of sp³-hybridized carbons (Fsp3) is 0.136. The lowest BCUT2D eigenvalue weighted by molar-refractivity contribution is -0.120. The van der Waals surface area contributed by atoms with Crippen molar-refractivity contribution in [3.8, 4) is 5.75 Å². The van der Waals surface area contributed by atoms with E-state index in [4.69, 9.17) is 26.5 Å². The molecule has 3 aromatic rings. The van der Waals surface area contributed by atoms with Gasteiger partial charge in [-0.05, 0) is 42.5 Å². The SMILES string of the molecule is CN(C(=O)COc1ccc(Cl)cc1C(N)=O)c1ccccc1C(=O)NCc1ccco1. The number of furan rings is 1. The second-order valence-electron chi connectivity index (χ2n) is 6.53. The van der Waals surface area contributed by atoms with Gasteiger partial charge in [-0.1, -0.05) is 23.7 Å². The van der Waals surface area contributed by atoms with Gasteiger partial charge in [-0.15, -0.1) is 0 Å². The molecule has 8 nitrogen and oxygen atoms in total. The van der Waals surface area contributed by atoms with Crippen molar-refractivity contribution >= 4 is 35.0 Å². The Labute approximate surface area is 183 Å². The molecule has 0 unspecified atom stereocenters. The zero-order chi connectivity index (χ0) is 22.4. The van der Waals surface area contributed by atoms with Gasteiger partial charge in [0.2, 0.25) is 0 Å². The third kappa shape index (κ3) is 5.43. The van der Waals surface area contributed by atoms with Crippen LogP contribution in [0.5, 0.6) is 5.75 Å². The number of nitrogens with one attached hydrogen (secondary N) is 1. The van der Waals surface area contributed by atoms with Crippen LogP contribution in [0.15, 0.2) is 65.3 Å². The number of nitrogens with two attached hydrogens (primary N) is 1. The van der Waals surface area contributed by atoms with Gasteiger partial charge in [0, 0.05) is 12.1 Å². The van der Waals surface area contributed by atoms with Crippen LogP contribution in [0.3, 0.4) is 0 Å². The molecule has 0 bridgehead atoms. The number of amides is 3. The highest BCUT2D eigenvalue weighted by Crippen LogP contribution is 2.23. The van der Waals surface area contributed by atoms with E-state index in [9.17, 15) is 14.4 Å². The number of hydrogen-bond donors (Lipinski definition) is 2. The molecule has 3 rings (SSSR count). The van der Waals surface area contributed by atoms with Gasteiger partial charge in [-0.2, -0.15) is 0 Å². The van der Waals surface area contributed by atoms with Crippen molar-refractivity contribution < 1.29 is 23.5 Å². The van der Waals surface area contributed by atoms with Gasteiger partial charge in [0.25, 0.3) is 17.7 Å². The number of hydrogen-bond acceptors (Lipinski definition) is 5. The highest BCUT2D eigenvalue weighted by atomic mass is 35.5. The zero-order valence-electron chi connectivity index (χ0n) is 16.6. The van der Waals surface area contributed by atoms with Crippen LogP contribution in [-0.2, 0) is 11.3 Å². The van der Waals surface area contributed by atoms with E-state index in [1.807, 2.05) is 0 Å². The van der Waals surface area contributed by atoms with Gasteiger partial charge >= 0.3 is 0 Å². The molecule has 2 aromatic carbocycles. The Bertz CT molecular complexity index is 1100. The van der Waals surface area contributed by atoms with E-state index >= 15 is 0 Å². The molecule has 3 N–H and O–H groups in total. The molecule has 3 amide bonds. The maximum absolute atomic E-state index is 12.7. The number of nitrogens with zero attached hydrogens (tertiary/aromatic N) is 1. The zero-order valence-corrected chi connectivity index (χ0v) is 17.4. The Kier molecular flexibility index (Phi) is 6.94. The van der Waals surface area contributed by atoms with Crippen LogP contribution in [-0.4, -0.2) is 31.4 Å². The van der Waals surface area contributed by atoms with Crippen LogP contribution in [0.1, 0.15) is 26.5 Å². The summed E-state index contributed by atoms with van der Waals surface area (Å²) in [6.45, 7) is -0.159. The van der Waals surface area contributed by atoms with E-state index in [0.29, 0.717) is 22.0 Å². The number of benzene rings is 2. The van der Waals surface area contributed by atoms with Crippen molar-refractivity contribution in [3.63, 3.8) is 0 Å². The number of para-hydroxylation sites is 1. The van der Waals surface area contributed by atoms with E-state index in [-0.39, 0.29) is 30.4 Å². The van der Waals surface area contributed by atoms with E-state index < -0.39 is 11.8 Å². The monoisotopic (exact) mass is 441 g/mol. The molecule has 0 saturated carbocycles. The fourth-order valence-corrected chi connectivity index (χ4v) is 3.00. The molecular weight excluding hydrogens is 422 g/mol. The van der Waals surface area contributed by atoms with Crippen LogP contribution < -0.4 is 20.7 Å². The molecule has 9 heteroatoms. The number of likely N-dealkylation sites (N-methyl/N-ethyl adjacent to an activating group) is 1. The minimum atomic E-state index is -0.725. The summed E-state index contributed by atoms with van der Waals surface area (Å²) in [4.78, 5) is 38.2. The fourth-order valence-electron chi connectivity index (χ4n) is 2.83. The van der Waals surface area contributed by atoms with Crippen LogP contribution in [0.2, 0.25) is 5.02 Å². The summed E-state index contributed by atoms with van der Waals surface area (Å²) in [6, 6.07) is 14.5. The van der Waals surface area contributed by atoms with E-state index in [2.05, 4.69) is 5.32 Å². The first-order valence-electron chi connectivity index (χ1n) is 9.25. The average molecular weight is 442 g/mol. The molecule has 0 fully saturated rings. The van der Waals surface area contributed by atoms with Crippen molar-refractivity contribution in [1.82, 2.24) is 5.32 Å². The Hall–Kier alpha value is -3.78.